The molecule has 466 valence electrons. The first-order chi connectivity index (χ1) is 38.0. The number of hydrogen-bond acceptors (Lipinski definition) is 19. The highest BCUT2D eigenvalue weighted by atomic mass is 32.2. The van der Waals surface area contributed by atoms with Crippen LogP contribution in [-0.4, -0.2) is 210 Å². The third-order valence-electron chi connectivity index (χ3n) is 13.5. The van der Waals surface area contributed by atoms with Gasteiger partial charge in [-0.15, -0.1) is 11.8 Å². The molecule has 11 unspecified atom stereocenters. The maximum absolute atomic E-state index is 13.8. The van der Waals surface area contributed by atoms with E-state index in [1.807, 2.05) is 27.7 Å². The number of rotatable bonds is 35. The van der Waals surface area contributed by atoms with E-state index in [0.29, 0.717) is 32.2 Å². The van der Waals surface area contributed by atoms with E-state index < -0.39 is 107 Å². The van der Waals surface area contributed by atoms with Gasteiger partial charge in [-0.05, 0) is 85.6 Å². The number of carbonyl (C=O) groups excluding carboxylic acids is 8. The molecule has 3 fully saturated rings. The predicted octanol–water partition coefficient (Wildman–Crippen LogP) is 1.66. The van der Waals surface area contributed by atoms with E-state index in [4.69, 9.17) is 28.4 Å². The minimum atomic E-state index is -1.74. The van der Waals surface area contributed by atoms with Gasteiger partial charge in [-0.3, -0.25) is 43.3 Å². The summed E-state index contributed by atoms with van der Waals surface area (Å²) < 4.78 is 35.3. The molecule has 24 nitrogen and oxygen atoms in total. The smallest absolute Gasteiger partial charge is 0.305 e. The fourth-order valence-electron chi connectivity index (χ4n) is 9.38. The van der Waals surface area contributed by atoms with Crippen molar-refractivity contribution < 1.29 is 82.1 Å². The topological polar surface area (TPSA) is 328 Å². The molecule has 3 rings (SSSR count). The molecule has 9 N–H and O–H groups in total. The van der Waals surface area contributed by atoms with Crippen LogP contribution >= 0.6 is 11.8 Å². The van der Waals surface area contributed by atoms with Crippen LogP contribution in [0.15, 0.2) is 0 Å². The van der Waals surface area contributed by atoms with E-state index >= 15 is 0 Å². The van der Waals surface area contributed by atoms with Crippen molar-refractivity contribution >= 4 is 59.1 Å². The van der Waals surface area contributed by atoms with Crippen LogP contribution in [0.25, 0.3) is 0 Å². The Morgan fingerprint density at radius 1 is 0.679 bits per heavy atom. The molecule has 3 saturated heterocycles. The number of thioether (sulfide) groups is 1. The van der Waals surface area contributed by atoms with E-state index in [0.717, 1.165) is 43.5 Å². The minimum absolute atomic E-state index is 0.0395. The van der Waals surface area contributed by atoms with E-state index in [1.165, 1.54) is 18.7 Å². The normalized spacial score (nSPS) is 25.3. The number of carbonyl (C=O) groups is 8. The van der Waals surface area contributed by atoms with Crippen molar-refractivity contribution in [2.45, 2.75) is 237 Å². The molecule has 0 aromatic rings. The molecule has 0 bridgehead atoms. The molecule has 3 heterocycles. The number of amides is 7. The Morgan fingerprint density at radius 3 is 1.91 bits per heavy atom. The van der Waals surface area contributed by atoms with Crippen LogP contribution < -0.4 is 31.9 Å². The highest BCUT2D eigenvalue weighted by molar-refractivity contribution is 8.00. The first kappa shape index (κ1) is 71.2. The first-order valence-electron chi connectivity index (χ1n) is 29.0. The number of aliphatic hydroxyl groups excluding tert-OH is 3. The van der Waals surface area contributed by atoms with Gasteiger partial charge in [0.25, 0.3) is 5.91 Å². The Balaban J connectivity index is 1.29. The van der Waals surface area contributed by atoms with Gasteiger partial charge in [-0.2, -0.15) is 0 Å². The van der Waals surface area contributed by atoms with Crippen LogP contribution in [0.5, 0.6) is 0 Å². The van der Waals surface area contributed by atoms with E-state index in [-0.39, 0.29) is 101 Å². The number of likely N-dealkylation sites (tertiary alicyclic amines) is 1. The summed E-state index contributed by atoms with van der Waals surface area (Å²) in [6.07, 6.45) is -5.24. The molecule has 0 spiro atoms. The van der Waals surface area contributed by atoms with Gasteiger partial charge >= 0.3 is 5.97 Å². The maximum Gasteiger partial charge on any atom is 0.305 e. The molecule has 3 aliphatic rings. The van der Waals surface area contributed by atoms with Crippen LogP contribution in [0, 0.1) is 5.41 Å². The third kappa shape index (κ3) is 26.6. The fraction of sp³-hybridized carbons (Fsp3) is 0.857. The number of aliphatic hydroxyl groups is 3. The second-order valence-corrected chi connectivity index (χ2v) is 25.4. The Hall–Kier alpha value is -4.05. The SMILES string of the molecule is CCC1OC(C(C)(C)C)C(NC(C)=O)C(OC2OC(C(=O)NCCCNC(=O)CCN3C(=O)CC(SCCC(=O)NCCOCCOC(=O)CCCCCCCC(=O)NCCCNC(C)(C)C)C3=O)C(OC(C)(C)C)C(O)C2O)C1O. The molecule has 0 aromatic heterocycles. The summed E-state index contributed by atoms with van der Waals surface area (Å²) in [7, 11) is 0. The Bertz CT molecular complexity index is 2000. The molecule has 3 aliphatic heterocycles. The van der Waals surface area contributed by atoms with Crippen molar-refractivity contribution in [3.63, 3.8) is 0 Å². The van der Waals surface area contributed by atoms with Gasteiger partial charge in [0.05, 0.1) is 42.3 Å². The molecule has 0 saturated carbocycles. The van der Waals surface area contributed by atoms with Gasteiger partial charge in [0.15, 0.2) is 12.4 Å². The Morgan fingerprint density at radius 2 is 1.28 bits per heavy atom. The molecule has 25 heteroatoms. The zero-order chi connectivity index (χ0) is 60.5. The monoisotopic (exact) mass is 1170 g/mol. The molecule has 81 heavy (non-hydrogen) atoms. The predicted molar refractivity (Wildman–Crippen MR) is 302 cm³/mol. The largest absolute Gasteiger partial charge is 0.463 e. The van der Waals surface area contributed by atoms with Gasteiger partial charge in [0, 0.05) is 83.0 Å². The quantitative estimate of drug-likeness (QED) is 0.0248. The van der Waals surface area contributed by atoms with Crippen molar-refractivity contribution in [1.29, 1.82) is 0 Å². The summed E-state index contributed by atoms with van der Waals surface area (Å²) >= 11 is 1.19. The summed E-state index contributed by atoms with van der Waals surface area (Å²) in [5, 5.41) is 50.8. The summed E-state index contributed by atoms with van der Waals surface area (Å²) in [6, 6.07) is -0.906. The zero-order valence-electron chi connectivity index (χ0n) is 50.0. The van der Waals surface area contributed by atoms with Gasteiger partial charge in [-0.25, -0.2) is 0 Å². The fourth-order valence-corrected chi connectivity index (χ4v) is 10.5. The third-order valence-corrected chi connectivity index (χ3v) is 14.7. The molecule has 0 aromatic carbocycles. The van der Waals surface area contributed by atoms with Crippen molar-refractivity contribution in [3.05, 3.63) is 0 Å². The highest BCUT2D eigenvalue weighted by Crippen LogP contribution is 2.37. The van der Waals surface area contributed by atoms with Gasteiger partial charge in [0.1, 0.15) is 37.1 Å². The van der Waals surface area contributed by atoms with Crippen LogP contribution in [0.3, 0.4) is 0 Å². The highest BCUT2D eigenvalue weighted by Gasteiger charge is 2.55. The standard InChI is InChI=1S/C56H99N7O17S/c1-12-36-44(70)47(43(62-35(2)64)50(77-36)54(3,4)5)78-53-46(72)45(71)48(80-56(9,10)11)49(79-53)51(73)60-26-18-24-58-39(66)22-29-63-41(68)34-37(52(63)74)81-33-23-40(67)59-28-30-75-31-32-76-42(69)21-17-15-13-14-16-20-38(65)57-25-19-27-61-55(6,7)8/h36-37,43-50,53,61,70-72H,12-34H2,1-11H3,(H,57,65)(H,58,66)(H,59,67)(H,60,73)(H,62,64). The van der Waals surface area contributed by atoms with Crippen molar-refractivity contribution in [3.8, 4) is 0 Å². The van der Waals surface area contributed by atoms with Crippen molar-refractivity contribution in [2.24, 2.45) is 5.41 Å². The Kier molecular flexibility index (Phi) is 31.0. The van der Waals surface area contributed by atoms with Crippen LogP contribution in [0.2, 0.25) is 0 Å². The second-order valence-electron chi connectivity index (χ2n) is 24.1. The molecular weight excluding hydrogens is 1070 g/mol. The van der Waals surface area contributed by atoms with Crippen LogP contribution in [0.4, 0.5) is 0 Å². The van der Waals surface area contributed by atoms with E-state index in [1.54, 1.807) is 20.8 Å². The zero-order valence-corrected chi connectivity index (χ0v) is 50.8. The lowest BCUT2D eigenvalue weighted by Crippen LogP contribution is -2.69. The van der Waals surface area contributed by atoms with Gasteiger partial charge < -0.3 is 75.6 Å². The maximum atomic E-state index is 13.8. The summed E-state index contributed by atoms with van der Waals surface area (Å²) in [5.41, 5.74) is -1.37. The average molecular weight is 1170 g/mol. The number of imide groups is 1. The number of nitrogens with zero attached hydrogens (tertiary/aromatic N) is 1. The van der Waals surface area contributed by atoms with Gasteiger partial charge in [-0.1, -0.05) is 47.0 Å². The average Bonchev–Trinajstić information content (AvgIpc) is 3.64. The Labute approximate surface area is 483 Å². The van der Waals surface area contributed by atoms with Crippen molar-refractivity contribution in [2.75, 3.05) is 64.8 Å². The van der Waals surface area contributed by atoms with Crippen LogP contribution in [0.1, 0.15) is 160 Å². The lowest BCUT2D eigenvalue weighted by molar-refractivity contribution is -0.335. The molecular formula is C56H99N7O17S. The molecule has 11 atom stereocenters. The number of esters is 1. The molecule has 7 amide bonds. The number of ether oxygens (including phenoxy) is 6. The van der Waals surface area contributed by atoms with Crippen LogP contribution in [-0.2, 0) is 66.8 Å². The summed E-state index contributed by atoms with van der Waals surface area (Å²) in [5.74, 6) is -2.60. The van der Waals surface area contributed by atoms with Crippen molar-refractivity contribution in [1.82, 2.24) is 36.8 Å². The van der Waals surface area contributed by atoms with E-state index in [9.17, 15) is 53.7 Å². The minimum Gasteiger partial charge on any atom is -0.463 e. The number of unbranched alkanes of at least 4 members (excludes halogenated alkanes) is 4. The first-order valence-corrected chi connectivity index (χ1v) is 30.0. The second kappa shape index (κ2) is 35.3. The van der Waals surface area contributed by atoms with Gasteiger partial charge in [0.2, 0.25) is 35.4 Å². The lowest BCUT2D eigenvalue weighted by atomic mass is 9.78. The summed E-state index contributed by atoms with van der Waals surface area (Å²) in [6.45, 7) is 22.6. The number of hydrogen-bond donors (Lipinski definition) is 9. The lowest BCUT2D eigenvalue weighted by Gasteiger charge is -2.51. The molecule has 0 radical (unpaired) electrons. The summed E-state index contributed by atoms with van der Waals surface area (Å²) in [4.78, 5) is 102. The number of nitrogens with one attached hydrogen (secondary N) is 6. The molecule has 0 aliphatic carbocycles. The van der Waals surface area contributed by atoms with E-state index in [2.05, 4.69) is 52.7 Å².